The van der Waals surface area contributed by atoms with Gasteiger partial charge in [-0.1, -0.05) is 70.2 Å². The average Bonchev–Trinajstić information content (AvgIpc) is 2.58. The maximum atomic E-state index is 11.6. The molecule has 1 aromatic rings. The first kappa shape index (κ1) is 18.2. The van der Waals surface area contributed by atoms with Gasteiger partial charge in [-0.2, -0.15) is 0 Å². The summed E-state index contributed by atoms with van der Waals surface area (Å²) in [5, 5.41) is 0. The zero-order valence-electron chi connectivity index (χ0n) is 13.1. The van der Waals surface area contributed by atoms with E-state index < -0.39 is 0 Å². The lowest BCUT2D eigenvalue weighted by Crippen LogP contribution is -2.34. The summed E-state index contributed by atoms with van der Waals surface area (Å²) in [5.74, 6) is 0. The van der Waals surface area contributed by atoms with Crippen LogP contribution in [-0.4, -0.2) is 24.1 Å². The largest absolute Gasteiger partial charge is 0.445 e. The van der Waals surface area contributed by atoms with Crippen LogP contribution < -0.4 is 0 Å². The zero-order valence-corrected chi connectivity index (χ0v) is 13.1. The van der Waals surface area contributed by atoms with Gasteiger partial charge < -0.3 is 9.64 Å². The topological polar surface area (TPSA) is 29.5 Å². The monoisotopic (exact) mass is 277 g/mol. The first-order chi connectivity index (χ1) is 9.86. The fraction of sp³-hybridized carbons (Fsp3) is 0.471. The zero-order chi connectivity index (χ0) is 15.2. The predicted octanol–water partition coefficient (Wildman–Crippen LogP) is 4.64. The molecule has 2 rings (SSSR count). The predicted molar refractivity (Wildman–Crippen MR) is 84.7 cm³/mol. The fourth-order valence-electron chi connectivity index (χ4n) is 1.62. The highest BCUT2D eigenvalue weighted by molar-refractivity contribution is 5.68. The number of rotatable bonds is 2. The van der Waals surface area contributed by atoms with Crippen molar-refractivity contribution in [2.24, 2.45) is 0 Å². The highest BCUT2D eigenvalue weighted by atomic mass is 16.6. The average molecular weight is 277 g/mol. The standard InChI is InChI=1S/C13H15NO2.2C2H6/c15-13(14-9-5-2-6-10-14)16-11-12-7-3-1-4-8-12;2*1-2/h1-5,7-8H,6,9-11H2;2*1-2H3. The van der Waals surface area contributed by atoms with Gasteiger partial charge in [0.1, 0.15) is 6.61 Å². The van der Waals surface area contributed by atoms with Crippen LogP contribution in [0.5, 0.6) is 0 Å². The number of amides is 1. The molecule has 0 aliphatic carbocycles. The van der Waals surface area contributed by atoms with Crippen molar-refractivity contribution < 1.29 is 9.53 Å². The van der Waals surface area contributed by atoms with E-state index in [2.05, 4.69) is 6.08 Å². The molecular formula is C17H27NO2. The van der Waals surface area contributed by atoms with E-state index in [-0.39, 0.29) is 6.09 Å². The lowest BCUT2D eigenvalue weighted by Gasteiger charge is -2.22. The Kier molecular flexibility index (Phi) is 11.2. The summed E-state index contributed by atoms with van der Waals surface area (Å²) in [7, 11) is 0. The number of benzene rings is 1. The smallest absolute Gasteiger partial charge is 0.410 e. The van der Waals surface area contributed by atoms with Crippen molar-refractivity contribution in [3.8, 4) is 0 Å². The molecule has 0 aromatic heterocycles. The summed E-state index contributed by atoms with van der Waals surface area (Å²) in [6.07, 6.45) is 4.77. The Hall–Kier alpha value is -1.77. The first-order valence-electron chi connectivity index (χ1n) is 7.47. The van der Waals surface area contributed by atoms with Crippen LogP contribution in [-0.2, 0) is 11.3 Å². The van der Waals surface area contributed by atoms with Gasteiger partial charge in [0.15, 0.2) is 0 Å². The van der Waals surface area contributed by atoms with Crippen molar-refractivity contribution in [1.29, 1.82) is 0 Å². The second-order valence-electron chi connectivity index (χ2n) is 3.75. The summed E-state index contributed by atoms with van der Waals surface area (Å²) in [5.41, 5.74) is 1.02. The van der Waals surface area contributed by atoms with E-state index in [1.54, 1.807) is 4.90 Å². The number of carbonyl (C=O) groups excluding carboxylic acids is 1. The molecule has 20 heavy (non-hydrogen) atoms. The van der Waals surface area contributed by atoms with E-state index in [4.69, 9.17) is 4.74 Å². The molecule has 0 spiro atoms. The first-order valence-corrected chi connectivity index (χ1v) is 7.47. The van der Waals surface area contributed by atoms with Gasteiger partial charge >= 0.3 is 6.09 Å². The molecule has 112 valence electrons. The lowest BCUT2D eigenvalue weighted by atomic mass is 10.2. The summed E-state index contributed by atoms with van der Waals surface area (Å²) >= 11 is 0. The Bertz CT molecular complexity index is 374. The van der Waals surface area contributed by atoms with Crippen LogP contribution >= 0.6 is 0 Å². The number of nitrogens with zero attached hydrogens (tertiary/aromatic N) is 1. The van der Waals surface area contributed by atoms with E-state index >= 15 is 0 Å². The molecular weight excluding hydrogens is 250 g/mol. The third-order valence-corrected chi connectivity index (χ3v) is 2.52. The molecule has 0 N–H and O–H groups in total. The molecule has 0 bridgehead atoms. The third kappa shape index (κ3) is 6.98. The molecule has 1 aliphatic rings. The van der Waals surface area contributed by atoms with Crippen LogP contribution in [0.15, 0.2) is 42.5 Å². The summed E-state index contributed by atoms with van der Waals surface area (Å²) in [6.45, 7) is 9.76. The highest BCUT2D eigenvalue weighted by Gasteiger charge is 2.14. The Morgan fingerprint density at radius 3 is 2.30 bits per heavy atom. The van der Waals surface area contributed by atoms with Crippen molar-refractivity contribution in [3.05, 3.63) is 48.0 Å². The van der Waals surface area contributed by atoms with Crippen LogP contribution in [0, 0.1) is 0 Å². The van der Waals surface area contributed by atoms with Crippen LogP contribution in [0.3, 0.4) is 0 Å². The van der Waals surface area contributed by atoms with Crippen LogP contribution in [0.25, 0.3) is 0 Å². The van der Waals surface area contributed by atoms with Gasteiger partial charge in [0.2, 0.25) is 0 Å². The molecule has 0 saturated carbocycles. The van der Waals surface area contributed by atoms with Crippen LogP contribution in [0.2, 0.25) is 0 Å². The lowest BCUT2D eigenvalue weighted by molar-refractivity contribution is 0.0994. The van der Waals surface area contributed by atoms with Crippen LogP contribution in [0.4, 0.5) is 4.79 Å². The second-order valence-corrected chi connectivity index (χ2v) is 3.75. The molecule has 3 nitrogen and oxygen atoms in total. The molecule has 1 amide bonds. The molecule has 0 saturated heterocycles. The highest BCUT2D eigenvalue weighted by Crippen LogP contribution is 2.06. The van der Waals surface area contributed by atoms with Gasteiger partial charge in [-0.15, -0.1) is 0 Å². The van der Waals surface area contributed by atoms with Crippen molar-refractivity contribution in [3.63, 3.8) is 0 Å². The Morgan fingerprint density at radius 2 is 1.75 bits per heavy atom. The molecule has 0 atom stereocenters. The maximum absolute atomic E-state index is 11.6. The van der Waals surface area contributed by atoms with Gasteiger partial charge in [-0.05, 0) is 12.0 Å². The summed E-state index contributed by atoms with van der Waals surface area (Å²) < 4.78 is 5.22. The number of ether oxygens (including phenoxy) is 1. The third-order valence-electron chi connectivity index (χ3n) is 2.52. The molecule has 3 heteroatoms. The Balaban J connectivity index is 0.000000829. The molecule has 1 aliphatic heterocycles. The Morgan fingerprint density at radius 1 is 1.10 bits per heavy atom. The van der Waals surface area contributed by atoms with Gasteiger partial charge in [-0.25, -0.2) is 4.79 Å². The van der Waals surface area contributed by atoms with Gasteiger partial charge in [0, 0.05) is 13.1 Å². The van der Waals surface area contributed by atoms with Gasteiger partial charge in [0.05, 0.1) is 0 Å². The number of hydrogen-bond acceptors (Lipinski definition) is 2. The Labute approximate surface area is 123 Å². The van der Waals surface area contributed by atoms with E-state index in [1.807, 2.05) is 64.1 Å². The van der Waals surface area contributed by atoms with Gasteiger partial charge in [-0.3, -0.25) is 0 Å². The minimum atomic E-state index is -0.229. The molecule has 0 fully saturated rings. The molecule has 0 radical (unpaired) electrons. The van der Waals surface area contributed by atoms with E-state index in [0.717, 1.165) is 18.5 Å². The fourth-order valence-corrected chi connectivity index (χ4v) is 1.62. The van der Waals surface area contributed by atoms with E-state index in [0.29, 0.717) is 13.2 Å². The quantitative estimate of drug-likeness (QED) is 0.737. The number of carbonyl (C=O) groups is 1. The minimum Gasteiger partial charge on any atom is -0.445 e. The molecule has 1 aromatic carbocycles. The molecule has 1 heterocycles. The van der Waals surface area contributed by atoms with Crippen molar-refractivity contribution >= 4 is 6.09 Å². The summed E-state index contributed by atoms with van der Waals surface area (Å²) in [4.78, 5) is 13.4. The summed E-state index contributed by atoms with van der Waals surface area (Å²) in [6, 6.07) is 9.72. The van der Waals surface area contributed by atoms with Crippen molar-refractivity contribution in [1.82, 2.24) is 4.90 Å². The van der Waals surface area contributed by atoms with Crippen LogP contribution in [0.1, 0.15) is 39.7 Å². The van der Waals surface area contributed by atoms with Gasteiger partial charge in [0.25, 0.3) is 0 Å². The molecule has 0 unspecified atom stereocenters. The normalized spacial score (nSPS) is 12.5. The minimum absolute atomic E-state index is 0.229. The SMILES string of the molecule is CC.CC.O=C(OCc1ccccc1)N1CC=CCC1. The van der Waals surface area contributed by atoms with E-state index in [1.165, 1.54) is 0 Å². The number of hydrogen-bond donors (Lipinski definition) is 0. The van der Waals surface area contributed by atoms with E-state index in [9.17, 15) is 4.79 Å². The van der Waals surface area contributed by atoms with Crippen molar-refractivity contribution in [2.45, 2.75) is 40.7 Å². The second kappa shape index (κ2) is 12.3. The van der Waals surface area contributed by atoms with Crippen molar-refractivity contribution in [2.75, 3.05) is 13.1 Å². The maximum Gasteiger partial charge on any atom is 0.410 e.